The van der Waals surface area contributed by atoms with Crippen molar-refractivity contribution in [2.24, 2.45) is 0 Å². The SMILES string of the molecule is OCC=Cc1ccc(F)cc1Cl. The van der Waals surface area contributed by atoms with Gasteiger partial charge in [0.25, 0.3) is 0 Å². The van der Waals surface area contributed by atoms with Crippen LogP contribution in [0.2, 0.25) is 5.02 Å². The molecule has 1 aromatic rings. The summed E-state index contributed by atoms with van der Waals surface area (Å²) in [6.45, 7) is -0.0479. The van der Waals surface area contributed by atoms with Crippen molar-refractivity contribution in [2.45, 2.75) is 0 Å². The van der Waals surface area contributed by atoms with E-state index in [2.05, 4.69) is 0 Å². The molecule has 0 saturated heterocycles. The molecule has 0 aliphatic heterocycles. The second kappa shape index (κ2) is 4.24. The van der Waals surface area contributed by atoms with Gasteiger partial charge < -0.3 is 5.11 Å². The Morgan fingerprint density at radius 2 is 2.25 bits per heavy atom. The molecule has 1 N–H and O–H groups in total. The fourth-order valence-corrected chi connectivity index (χ4v) is 1.05. The highest BCUT2D eigenvalue weighted by Gasteiger charge is 1.96. The average molecular weight is 187 g/mol. The van der Waals surface area contributed by atoms with E-state index in [4.69, 9.17) is 16.7 Å². The maximum atomic E-state index is 12.5. The molecule has 0 fully saturated rings. The Balaban J connectivity index is 2.94. The van der Waals surface area contributed by atoms with E-state index in [1.165, 1.54) is 12.1 Å². The van der Waals surface area contributed by atoms with Crippen molar-refractivity contribution in [3.63, 3.8) is 0 Å². The van der Waals surface area contributed by atoms with Crippen molar-refractivity contribution < 1.29 is 9.50 Å². The smallest absolute Gasteiger partial charge is 0.124 e. The van der Waals surface area contributed by atoms with Gasteiger partial charge in [0, 0.05) is 0 Å². The van der Waals surface area contributed by atoms with Crippen molar-refractivity contribution in [1.82, 2.24) is 0 Å². The molecule has 12 heavy (non-hydrogen) atoms. The lowest BCUT2D eigenvalue weighted by molar-refractivity contribution is 0.343. The predicted molar refractivity (Wildman–Crippen MR) is 47.5 cm³/mol. The lowest BCUT2D eigenvalue weighted by atomic mass is 10.2. The molecule has 1 rings (SSSR count). The lowest BCUT2D eigenvalue weighted by Gasteiger charge is -1.96. The summed E-state index contributed by atoms with van der Waals surface area (Å²) in [6, 6.07) is 4.12. The molecular weight excluding hydrogens is 179 g/mol. The molecular formula is C9H8ClFO. The van der Waals surface area contributed by atoms with E-state index >= 15 is 0 Å². The molecule has 0 bridgehead atoms. The summed E-state index contributed by atoms with van der Waals surface area (Å²) in [5.41, 5.74) is 0.701. The first-order chi connectivity index (χ1) is 5.74. The highest BCUT2D eigenvalue weighted by atomic mass is 35.5. The summed E-state index contributed by atoms with van der Waals surface area (Å²) in [6.07, 6.45) is 3.18. The van der Waals surface area contributed by atoms with Crippen LogP contribution < -0.4 is 0 Å². The first kappa shape index (κ1) is 9.23. The number of benzene rings is 1. The molecule has 0 atom stereocenters. The highest BCUT2D eigenvalue weighted by Crippen LogP contribution is 2.18. The Morgan fingerprint density at radius 1 is 1.50 bits per heavy atom. The second-order valence-corrected chi connectivity index (χ2v) is 2.66. The second-order valence-electron chi connectivity index (χ2n) is 2.25. The van der Waals surface area contributed by atoms with Crippen LogP contribution in [0, 0.1) is 5.82 Å². The summed E-state index contributed by atoms with van der Waals surface area (Å²) < 4.78 is 12.5. The molecule has 3 heteroatoms. The Kier molecular flexibility index (Phi) is 3.26. The van der Waals surface area contributed by atoms with Crippen molar-refractivity contribution in [2.75, 3.05) is 6.61 Å². The van der Waals surface area contributed by atoms with Gasteiger partial charge in [-0.1, -0.05) is 29.8 Å². The average Bonchev–Trinajstić information content (AvgIpc) is 2.03. The Morgan fingerprint density at radius 3 is 2.83 bits per heavy atom. The first-order valence-corrected chi connectivity index (χ1v) is 3.84. The van der Waals surface area contributed by atoms with E-state index in [0.717, 1.165) is 0 Å². The van der Waals surface area contributed by atoms with Crippen LogP contribution in [0.4, 0.5) is 4.39 Å². The maximum absolute atomic E-state index is 12.5. The van der Waals surface area contributed by atoms with E-state index < -0.39 is 0 Å². The van der Waals surface area contributed by atoms with Gasteiger partial charge in [0.15, 0.2) is 0 Å². The molecule has 0 aliphatic rings. The Hall–Kier alpha value is -0.860. The van der Waals surface area contributed by atoms with E-state index in [1.54, 1.807) is 18.2 Å². The van der Waals surface area contributed by atoms with Gasteiger partial charge in [-0.05, 0) is 17.7 Å². The van der Waals surface area contributed by atoms with Crippen molar-refractivity contribution >= 4 is 17.7 Å². The van der Waals surface area contributed by atoms with Crippen molar-refractivity contribution in [3.8, 4) is 0 Å². The minimum Gasteiger partial charge on any atom is -0.392 e. The van der Waals surface area contributed by atoms with Crippen molar-refractivity contribution in [1.29, 1.82) is 0 Å². The number of hydrogen-bond acceptors (Lipinski definition) is 1. The standard InChI is InChI=1S/C9H8ClFO/c10-9-6-8(11)4-3-7(9)2-1-5-12/h1-4,6,12H,5H2. The molecule has 0 saturated carbocycles. The molecule has 0 aromatic heterocycles. The van der Waals surface area contributed by atoms with Gasteiger partial charge in [0.2, 0.25) is 0 Å². The van der Waals surface area contributed by atoms with Crippen LogP contribution in [0.1, 0.15) is 5.56 Å². The zero-order valence-electron chi connectivity index (χ0n) is 6.30. The van der Waals surface area contributed by atoms with Crippen LogP contribution in [0.5, 0.6) is 0 Å². The summed E-state index contributed by atoms with van der Waals surface area (Å²) in [5, 5.41) is 8.82. The third kappa shape index (κ3) is 2.32. The quantitative estimate of drug-likeness (QED) is 0.753. The van der Waals surface area contributed by atoms with Crippen LogP contribution in [-0.2, 0) is 0 Å². The number of aliphatic hydroxyl groups excluding tert-OH is 1. The van der Waals surface area contributed by atoms with Gasteiger partial charge in [-0.15, -0.1) is 0 Å². The third-order valence-corrected chi connectivity index (χ3v) is 1.69. The lowest BCUT2D eigenvalue weighted by Crippen LogP contribution is -1.79. The molecule has 0 radical (unpaired) electrons. The van der Waals surface area contributed by atoms with E-state index in [-0.39, 0.29) is 12.4 Å². The van der Waals surface area contributed by atoms with E-state index in [1.807, 2.05) is 0 Å². The topological polar surface area (TPSA) is 20.2 Å². The fourth-order valence-electron chi connectivity index (χ4n) is 0.816. The molecule has 64 valence electrons. The Bertz CT molecular complexity index is 297. The van der Waals surface area contributed by atoms with Crippen LogP contribution >= 0.6 is 11.6 Å². The number of halogens is 2. The van der Waals surface area contributed by atoms with Crippen LogP contribution in [0.3, 0.4) is 0 Å². The monoisotopic (exact) mass is 186 g/mol. The van der Waals surface area contributed by atoms with Crippen LogP contribution in [0.25, 0.3) is 6.08 Å². The maximum Gasteiger partial charge on any atom is 0.124 e. The molecule has 0 amide bonds. The normalized spacial score (nSPS) is 10.9. The minimum atomic E-state index is -0.360. The van der Waals surface area contributed by atoms with Crippen LogP contribution in [-0.4, -0.2) is 11.7 Å². The summed E-state index contributed by atoms with van der Waals surface area (Å²) in [7, 11) is 0. The van der Waals surface area contributed by atoms with E-state index in [0.29, 0.717) is 10.6 Å². The van der Waals surface area contributed by atoms with Gasteiger partial charge >= 0.3 is 0 Å². The molecule has 0 aliphatic carbocycles. The number of rotatable bonds is 2. The molecule has 0 heterocycles. The van der Waals surface area contributed by atoms with Crippen molar-refractivity contribution in [3.05, 3.63) is 40.7 Å². The molecule has 1 aromatic carbocycles. The van der Waals surface area contributed by atoms with E-state index in [9.17, 15) is 4.39 Å². The zero-order chi connectivity index (χ0) is 8.97. The summed E-state index contributed by atoms with van der Waals surface area (Å²) in [4.78, 5) is 0. The first-order valence-electron chi connectivity index (χ1n) is 3.46. The fraction of sp³-hybridized carbons (Fsp3) is 0.111. The minimum absolute atomic E-state index is 0.0479. The largest absolute Gasteiger partial charge is 0.392 e. The van der Waals surface area contributed by atoms with Gasteiger partial charge in [-0.2, -0.15) is 0 Å². The predicted octanol–water partition coefficient (Wildman–Crippen LogP) is 2.48. The highest BCUT2D eigenvalue weighted by molar-refractivity contribution is 6.32. The Labute approximate surface area is 75.1 Å². The number of hydrogen-bond donors (Lipinski definition) is 1. The summed E-state index contributed by atoms with van der Waals surface area (Å²) >= 11 is 5.69. The van der Waals surface area contributed by atoms with Gasteiger partial charge in [0.05, 0.1) is 11.6 Å². The summed E-state index contributed by atoms with van der Waals surface area (Å²) in [5.74, 6) is -0.360. The van der Waals surface area contributed by atoms with Gasteiger partial charge in [-0.25, -0.2) is 4.39 Å². The molecule has 1 nitrogen and oxygen atoms in total. The molecule has 0 spiro atoms. The zero-order valence-corrected chi connectivity index (χ0v) is 7.05. The molecule has 0 unspecified atom stereocenters. The van der Waals surface area contributed by atoms with Crippen LogP contribution in [0.15, 0.2) is 24.3 Å². The third-order valence-electron chi connectivity index (χ3n) is 1.37. The van der Waals surface area contributed by atoms with Gasteiger partial charge in [0.1, 0.15) is 5.82 Å². The van der Waals surface area contributed by atoms with Gasteiger partial charge in [-0.3, -0.25) is 0 Å². The number of aliphatic hydroxyl groups is 1.